The van der Waals surface area contributed by atoms with Crippen LogP contribution in [-0.4, -0.2) is 24.5 Å². The molecule has 2 nitrogen and oxygen atoms in total. The summed E-state index contributed by atoms with van der Waals surface area (Å²) >= 11 is 3.60. The van der Waals surface area contributed by atoms with Gasteiger partial charge >= 0.3 is 0 Å². The number of nitrogens with zero attached hydrogens (tertiary/aromatic N) is 1. The molecule has 1 aromatic rings. The van der Waals surface area contributed by atoms with Crippen LogP contribution in [0.1, 0.15) is 26.3 Å². The van der Waals surface area contributed by atoms with Gasteiger partial charge in [0.2, 0.25) is 0 Å². The molecule has 1 rings (SSSR count). The summed E-state index contributed by atoms with van der Waals surface area (Å²) in [5.74, 6) is 0. The van der Waals surface area contributed by atoms with Gasteiger partial charge in [0.1, 0.15) is 0 Å². The summed E-state index contributed by atoms with van der Waals surface area (Å²) in [4.78, 5) is 2.44. The van der Waals surface area contributed by atoms with Gasteiger partial charge in [-0.05, 0) is 30.1 Å². The summed E-state index contributed by atoms with van der Waals surface area (Å²) in [6.45, 7) is 10.4. The van der Waals surface area contributed by atoms with E-state index in [4.69, 9.17) is 5.73 Å². The first-order valence-corrected chi connectivity index (χ1v) is 6.93. The minimum atomic E-state index is 0.178. The molecule has 0 saturated heterocycles. The van der Waals surface area contributed by atoms with Gasteiger partial charge in [-0.15, -0.1) is 0 Å². The van der Waals surface area contributed by atoms with Gasteiger partial charge in [0.15, 0.2) is 0 Å². The molecule has 0 radical (unpaired) electrons. The third-order valence-electron chi connectivity index (χ3n) is 3.00. The average Bonchev–Trinajstić information content (AvgIpc) is 2.31. The number of nitrogens with two attached hydrogens (primary N) is 1. The highest BCUT2D eigenvalue weighted by Gasteiger charge is 2.19. The van der Waals surface area contributed by atoms with Crippen LogP contribution in [0.25, 0.3) is 0 Å². The quantitative estimate of drug-likeness (QED) is 0.873. The van der Waals surface area contributed by atoms with E-state index in [1.807, 2.05) is 6.07 Å². The van der Waals surface area contributed by atoms with Crippen molar-refractivity contribution in [2.24, 2.45) is 11.1 Å². The molecule has 2 N–H and O–H groups in total. The topological polar surface area (TPSA) is 29.3 Å². The predicted octanol–water partition coefficient (Wildman–Crippen LogP) is 3.26. The second-order valence-corrected chi connectivity index (χ2v) is 6.12. The molecule has 0 unspecified atom stereocenters. The Balaban J connectivity index is 2.68. The third kappa shape index (κ3) is 4.78. The molecule has 0 saturated carbocycles. The lowest BCUT2D eigenvalue weighted by atomic mass is 9.93. The summed E-state index contributed by atoms with van der Waals surface area (Å²) < 4.78 is 1.18. The molecule has 0 atom stereocenters. The van der Waals surface area contributed by atoms with Crippen LogP contribution in [0.5, 0.6) is 0 Å². The first-order chi connectivity index (χ1) is 7.98. The van der Waals surface area contributed by atoms with Crippen LogP contribution in [0.15, 0.2) is 28.7 Å². The third-order valence-corrected chi connectivity index (χ3v) is 3.78. The molecule has 96 valence electrons. The van der Waals surface area contributed by atoms with E-state index >= 15 is 0 Å². The smallest absolute Gasteiger partial charge is 0.0245 e. The molecule has 0 fully saturated rings. The molecular weight excluding hydrogens is 276 g/mol. The number of hydrogen-bond donors (Lipinski definition) is 1. The van der Waals surface area contributed by atoms with Gasteiger partial charge in [-0.1, -0.05) is 54.9 Å². The summed E-state index contributed by atoms with van der Waals surface area (Å²) in [5, 5.41) is 0. The Hall–Kier alpha value is -0.380. The Bertz CT molecular complexity index is 350. The molecule has 0 aliphatic carbocycles. The van der Waals surface area contributed by atoms with Crippen molar-refractivity contribution in [3.8, 4) is 0 Å². The largest absolute Gasteiger partial charge is 0.330 e. The number of rotatable bonds is 6. The second-order valence-electron chi connectivity index (χ2n) is 5.26. The van der Waals surface area contributed by atoms with E-state index in [1.54, 1.807) is 0 Å². The van der Waals surface area contributed by atoms with Gasteiger partial charge < -0.3 is 5.73 Å². The van der Waals surface area contributed by atoms with Gasteiger partial charge in [-0.25, -0.2) is 0 Å². The van der Waals surface area contributed by atoms with Crippen LogP contribution >= 0.6 is 15.9 Å². The molecule has 0 aliphatic rings. The number of benzene rings is 1. The van der Waals surface area contributed by atoms with Gasteiger partial charge in [0.25, 0.3) is 0 Å². The lowest BCUT2D eigenvalue weighted by molar-refractivity contribution is 0.183. The van der Waals surface area contributed by atoms with Crippen molar-refractivity contribution >= 4 is 15.9 Å². The van der Waals surface area contributed by atoms with Gasteiger partial charge in [-0.2, -0.15) is 0 Å². The van der Waals surface area contributed by atoms with Crippen LogP contribution in [0.4, 0.5) is 0 Å². The molecule has 0 aliphatic heterocycles. The van der Waals surface area contributed by atoms with Crippen molar-refractivity contribution in [2.45, 2.75) is 27.3 Å². The summed E-state index contributed by atoms with van der Waals surface area (Å²) in [5.41, 5.74) is 7.31. The van der Waals surface area contributed by atoms with E-state index in [0.717, 1.165) is 26.2 Å². The number of halogens is 1. The van der Waals surface area contributed by atoms with Crippen LogP contribution in [0, 0.1) is 5.41 Å². The van der Waals surface area contributed by atoms with Crippen molar-refractivity contribution in [2.75, 3.05) is 19.6 Å². The van der Waals surface area contributed by atoms with E-state index < -0.39 is 0 Å². The maximum Gasteiger partial charge on any atom is 0.0245 e. The first-order valence-electron chi connectivity index (χ1n) is 6.14. The fraction of sp³-hybridized carbons (Fsp3) is 0.571. The van der Waals surface area contributed by atoms with Crippen LogP contribution < -0.4 is 5.73 Å². The minimum Gasteiger partial charge on any atom is -0.330 e. The van der Waals surface area contributed by atoms with Crippen molar-refractivity contribution < 1.29 is 0 Å². The highest BCUT2D eigenvalue weighted by molar-refractivity contribution is 9.10. The maximum absolute atomic E-state index is 5.80. The van der Waals surface area contributed by atoms with E-state index in [-0.39, 0.29) is 5.41 Å². The van der Waals surface area contributed by atoms with Gasteiger partial charge in [-0.3, -0.25) is 4.90 Å². The molecule has 1 aromatic carbocycles. The summed E-state index contributed by atoms with van der Waals surface area (Å²) in [6, 6.07) is 8.40. The highest BCUT2D eigenvalue weighted by atomic mass is 79.9. The first kappa shape index (κ1) is 14.7. The SMILES string of the molecule is CCN(Cc1ccccc1Br)CC(C)(C)CN. The van der Waals surface area contributed by atoms with Crippen LogP contribution in [0.3, 0.4) is 0 Å². The lowest BCUT2D eigenvalue weighted by Gasteiger charge is -2.31. The van der Waals surface area contributed by atoms with E-state index in [1.165, 1.54) is 10.0 Å². The minimum absolute atomic E-state index is 0.178. The monoisotopic (exact) mass is 298 g/mol. The Morgan fingerprint density at radius 2 is 1.94 bits per heavy atom. The molecule has 0 spiro atoms. The predicted molar refractivity (Wildman–Crippen MR) is 77.9 cm³/mol. The Kier molecular flexibility index (Phi) is 5.63. The maximum atomic E-state index is 5.80. The van der Waals surface area contributed by atoms with Gasteiger partial charge in [0.05, 0.1) is 0 Å². The van der Waals surface area contributed by atoms with Crippen molar-refractivity contribution in [3.63, 3.8) is 0 Å². The summed E-state index contributed by atoms with van der Waals surface area (Å²) in [6.07, 6.45) is 0. The lowest BCUT2D eigenvalue weighted by Crippen LogP contribution is -2.38. The molecule has 3 heteroatoms. The fourth-order valence-corrected chi connectivity index (χ4v) is 2.23. The standard InChI is InChI=1S/C14H23BrN2/c1-4-17(11-14(2,3)10-16)9-12-7-5-6-8-13(12)15/h5-8H,4,9-11,16H2,1-3H3. The zero-order chi connectivity index (χ0) is 12.9. The van der Waals surface area contributed by atoms with Crippen molar-refractivity contribution in [1.82, 2.24) is 4.90 Å². The molecule has 0 aromatic heterocycles. The van der Waals surface area contributed by atoms with E-state index in [9.17, 15) is 0 Å². The molecular formula is C14H23BrN2. The van der Waals surface area contributed by atoms with Crippen molar-refractivity contribution in [1.29, 1.82) is 0 Å². The average molecular weight is 299 g/mol. The molecule has 0 amide bonds. The van der Waals surface area contributed by atoms with Crippen LogP contribution in [0.2, 0.25) is 0 Å². The Labute approximate surface area is 113 Å². The number of hydrogen-bond acceptors (Lipinski definition) is 2. The Morgan fingerprint density at radius 1 is 1.29 bits per heavy atom. The zero-order valence-electron chi connectivity index (χ0n) is 11.0. The van der Waals surface area contributed by atoms with E-state index in [0.29, 0.717) is 0 Å². The summed E-state index contributed by atoms with van der Waals surface area (Å²) in [7, 11) is 0. The normalized spacial score (nSPS) is 12.1. The second kappa shape index (κ2) is 6.53. The van der Waals surface area contributed by atoms with E-state index in [2.05, 4.69) is 59.8 Å². The Morgan fingerprint density at radius 3 is 2.47 bits per heavy atom. The highest BCUT2D eigenvalue weighted by Crippen LogP contribution is 2.20. The fourth-order valence-electron chi connectivity index (χ4n) is 1.82. The molecule has 17 heavy (non-hydrogen) atoms. The van der Waals surface area contributed by atoms with Crippen molar-refractivity contribution in [3.05, 3.63) is 34.3 Å². The molecule has 0 bridgehead atoms. The van der Waals surface area contributed by atoms with Gasteiger partial charge in [0, 0.05) is 17.6 Å². The van der Waals surface area contributed by atoms with Crippen LogP contribution in [-0.2, 0) is 6.54 Å². The zero-order valence-corrected chi connectivity index (χ0v) is 12.6. The molecule has 0 heterocycles.